The molecule has 0 atom stereocenters. The van der Waals surface area contributed by atoms with Crippen molar-refractivity contribution in [3.05, 3.63) is 52.2 Å². The molecular formula is C17H17ClN4O3S. The zero-order valence-electron chi connectivity index (χ0n) is 14.1. The van der Waals surface area contributed by atoms with Gasteiger partial charge >= 0.3 is 0 Å². The normalized spacial score (nSPS) is 15.4. The number of hydrogen-bond donors (Lipinski definition) is 1. The van der Waals surface area contributed by atoms with Crippen LogP contribution in [0.2, 0.25) is 0 Å². The van der Waals surface area contributed by atoms with Crippen molar-refractivity contribution in [2.75, 3.05) is 26.3 Å². The third kappa shape index (κ3) is 4.09. The van der Waals surface area contributed by atoms with Crippen molar-refractivity contribution in [1.29, 1.82) is 0 Å². The van der Waals surface area contributed by atoms with Crippen LogP contribution in [0.5, 0.6) is 0 Å². The summed E-state index contributed by atoms with van der Waals surface area (Å²) in [5, 5.41) is 6.68. The Kier molecular flexibility index (Phi) is 5.97. The number of aryl methyl sites for hydroxylation is 1. The average Bonchev–Trinajstić information content (AvgIpc) is 3.12. The van der Waals surface area contributed by atoms with Crippen molar-refractivity contribution < 1.29 is 14.3 Å². The van der Waals surface area contributed by atoms with Crippen molar-refractivity contribution in [2.24, 2.45) is 0 Å². The van der Waals surface area contributed by atoms with Gasteiger partial charge in [-0.15, -0.1) is 5.10 Å². The van der Waals surface area contributed by atoms with E-state index in [1.165, 1.54) is 0 Å². The second kappa shape index (κ2) is 8.39. The van der Waals surface area contributed by atoms with Gasteiger partial charge in [0.25, 0.3) is 11.8 Å². The van der Waals surface area contributed by atoms with Gasteiger partial charge < -0.3 is 15.0 Å². The summed E-state index contributed by atoms with van der Waals surface area (Å²) in [6.45, 7) is 3.47. The quantitative estimate of drug-likeness (QED) is 0.805. The van der Waals surface area contributed by atoms with Gasteiger partial charge in [-0.05, 0) is 24.0 Å². The van der Waals surface area contributed by atoms with Crippen LogP contribution in [0.1, 0.15) is 20.9 Å². The van der Waals surface area contributed by atoms with Gasteiger partial charge in [0, 0.05) is 13.1 Å². The molecule has 1 saturated heterocycles. The monoisotopic (exact) mass is 392 g/mol. The summed E-state index contributed by atoms with van der Waals surface area (Å²) in [6, 6.07) is 9.03. The second-order valence-corrected chi connectivity index (χ2v) is 6.73. The predicted octanol–water partition coefficient (Wildman–Crippen LogP) is 2.04. The van der Waals surface area contributed by atoms with Crippen LogP contribution in [0.25, 0.3) is 5.03 Å². The summed E-state index contributed by atoms with van der Waals surface area (Å²) in [6.07, 6.45) is 0. The lowest BCUT2D eigenvalue weighted by Crippen LogP contribution is -2.44. The molecule has 1 aromatic heterocycles. The number of halogens is 1. The largest absolute Gasteiger partial charge is 0.378 e. The minimum atomic E-state index is -0.455. The van der Waals surface area contributed by atoms with E-state index in [1.54, 1.807) is 24.0 Å². The van der Waals surface area contributed by atoms with Crippen LogP contribution >= 0.6 is 23.1 Å². The number of carbonyl (C=O) groups excluding carboxylic acids is 2. The number of hydrogen-bond acceptors (Lipinski definition) is 6. The lowest BCUT2D eigenvalue weighted by molar-refractivity contribution is -0.131. The maximum Gasteiger partial charge on any atom is 0.272 e. The molecule has 2 heterocycles. The lowest BCUT2D eigenvalue weighted by atomic mass is 10.1. The topological polar surface area (TPSA) is 84.4 Å². The van der Waals surface area contributed by atoms with Gasteiger partial charge in [-0.3, -0.25) is 9.59 Å². The van der Waals surface area contributed by atoms with Crippen LogP contribution in [0.3, 0.4) is 0 Å². The molecule has 2 aromatic rings. The molecule has 1 fully saturated rings. The minimum absolute atomic E-state index is 0.0394. The van der Waals surface area contributed by atoms with Crippen molar-refractivity contribution in [3.8, 4) is 0 Å². The van der Waals surface area contributed by atoms with Gasteiger partial charge in [-0.25, -0.2) is 0 Å². The first-order valence-corrected chi connectivity index (χ1v) is 9.15. The third-order valence-electron chi connectivity index (χ3n) is 3.86. The molecule has 1 aromatic carbocycles. The summed E-state index contributed by atoms with van der Waals surface area (Å²) in [4.78, 5) is 27.5. The Morgan fingerprint density at radius 1 is 1.23 bits per heavy atom. The van der Waals surface area contributed by atoms with Crippen LogP contribution in [0, 0.1) is 6.92 Å². The number of morpholine rings is 1. The van der Waals surface area contributed by atoms with Gasteiger partial charge in [0.2, 0.25) is 0 Å². The van der Waals surface area contributed by atoms with E-state index in [0.29, 0.717) is 42.4 Å². The number of benzene rings is 1. The van der Waals surface area contributed by atoms with Gasteiger partial charge in [-0.2, -0.15) is 0 Å². The van der Waals surface area contributed by atoms with E-state index >= 15 is 0 Å². The SMILES string of the molecule is Cc1nnsc1C(=O)N/C(C(=O)N1CCOCC1)=C(\Cl)c1ccccc1. The standard InChI is InChI=1S/C17H17ClN4O3S/c1-11-15(26-21-20-11)16(23)19-14(13(18)12-5-3-2-4-6-12)17(24)22-7-9-25-10-8-22/h2-6H,7-10H2,1H3,(H,19,23)/b14-13-. The molecule has 26 heavy (non-hydrogen) atoms. The highest BCUT2D eigenvalue weighted by molar-refractivity contribution is 7.08. The highest BCUT2D eigenvalue weighted by Gasteiger charge is 2.26. The fraction of sp³-hybridized carbons (Fsp3) is 0.294. The van der Waals surface area contributed by atoms with Crippen LogP contribution < -0.4 is 5.32 Å². The molecular weight excluding hydrogens is 376 g/mol. The van der Waals surface area contributed by atoms with Crippen molar-refractivity contribution in [3.63, 3.8) is 0 Å². The number of nitrogens with one attached hydrogen (secondary N) is 1. The first kappa shape index (κ1) is 18.5. The summed E-state index contributed by atoms with van der Waals surface area (Å²) < 4.78 is 9.04. The maximum absolute atomic E-state index is 13.0. The van der Waals surface area contributed by atoms with Crippen LogP contribution in [-0.2, 0) is 9.53 Å². The summed E-state index contributed by atoms with van der Waals surface area (Å²) in [5.41, 5.74) is 1.18. The molecule has 7 nitrogen and oxygen atoms in total. The van der Waals surface area contributed by atoms with Gasteiger partial charge in [0.15, 0.2) is 0 Å². The first-order valence-electron chi connectivity index (χ1n) is 8.00. The molecule has 0 aliphatic carbocycles. The Labute approximate surface area is 159 Å². The first-order chi connectivity index (χ1) is 12.6. The minimum Gasteiger partial charge on any atom is -0.378 e. The third-order valence-corrected chi connectivity index (χ3v) is 5.09. The van der Waals surface area contributed by atoms with Gasteiger partial charge in [-0.1, -0.05) is 46.4 Å². The molecule has 3 rings (SSSR count). The molecule has 9 heteroatoms. The van der Waals surface area contributed by atoms with Crippen LogP contribution in [0.4, 0.5) is 0 Å². The number of nitrogens with zero attached hydrogens (tertiary/aromatic N) is 3. The van der Waals surface area contributed by atoms with E-state index in [-0.39, 0.29) is 16.6 Å². The maximum atomic E-state index is 13.0. The molecule has 0 saturated carbocycles. The number of rotatable bonds is 4. The summed E-state index contributed by atoms with van der Waals surface area (Å²) in [7, 11) is 0. The Bertz CT molecular complexity index is 832. The van der Waals surface area contributed by atoms with E-state index in [9.17, 15) is 9.59 Å². The van der Waals surface area contributed by atoms with Gasteiger partial charge in [0.1, 0.15) is 10.6 Å². The number of carbonyl (C=O) groups is 2. The van der Waals surface area contributed by atoms with E-state index in [1.807, 2.05) is 18.2 Å². The van der Waals surface area contributed by atoms with E-state index < -0.39 is 5.91 Å². The highest BCUT2D eigenvalue weighted by Crippen LogP contribution is 2.24. The van der Waals surface area contributed by atoms with Crippen molar-refractivity contribution in [2.45, 2.75) is 6.92 Å². The van der Waals surface area contributed by atoms with E-state index in [2.05, 4.69) is 14.9 Å². The second-order valence-electron chi connectivity index (χ2n) is 5.60. The lowest BCUT2D eigenvalue weighted by Gasteiger charge is -2.28. The predicted molar refractivity (Wildman–Crippen MR) is 98.7 cm³/mol. The molecule has 2 amide bonds. The fourth-order valence-electron chi connectivity index (χ4n) is 2.47. The van der Waals surface area contributed by atoms with E-state index in [0.717, 1.165) is 11.5 Å². The smallest absolute Gasteiger partial charge is 0.272 e. The van der Waals surface area contributed by atoms with Crippen molar-refractivity contribution >= 4 is 40.0 Å². The van der Waals surface area contributed by atoms with Crippen molar-refractivity contribution in [1.82, 2.24) is 19.8 Å². The molecule has 0 radical (unpaired) electrons. The summed E-state index contributed by atoms with van der Waals surface area (Å²) in [5.74, 6) is -0.797. The molecule has 1 aliphatic rings. The fourth-order valence-corrected chi connectivity index (χ4v) is 3.27. The summed E-state index contributed by atoms with van der Waals surface area (Å²) >= 11 is 7.46. The molecule has 1 N–H and O–H groups in total. The molecule has 0 spiro atoms. The van der Waals surface area contributed by atoms with Gasteiger partial charge in [0.05, 0.1) is 23.9 Å². The Hall–Kier alpha value is -2.29. The Morgan fingerprint density at radius 2 is 1.92 bits per heavy atom. The Morgan fingerprint density at radius 3 is 2.54 bits per heavy atom. The zero-order chi connectivity index (χ0) is 18.5. The molecule has 0 unspecified atom stereocenters. The average molecular weight is 393 g/mol. The highest BCUT2D eigenvalue weighted by atomic mass is 35.5. The number of aromatic nitrogens is 2. The zero-order valence-corrected chi connectivity index (χ0v) is 15.6. The number of amides is 2. The molecule has 0 bridgehead atoms. The molecule has 136 valence electrons. The van der Waals surface area contributed by atoms with Crippen LogP contribution in [-0.4, -0.2) is 52.6 Å². The van der Waals surface area contributed by atoms with Crippen LogP contribution in [0.15, 0.2) is 36.0 Å². The number of ether oxygens (including phenoxy) is 1. The Balaban J connectivity index is 1.94. The molecule has 1 aliphatic heterocycles. The van der Waals surface area contributed by atoms with E-state index in [4.69, 9.17) is 16.3 Å².